The number of nitrogens with one attached hydrogen (secondary N) is 1. The highest BCUT2D eigenvalue weighted by molar-refractivity contribution is 7.13. The average Bonchev–Trinajstić information content (AvgIpc) is 3.26. The van der Waals surface area contributed by atoms with Crippen molar-refractivity contribution in [1.29, 1.82) is 0 Å². The third-order valence-electron chi connectivity index (χ3n) is 5.16. The maximum atomic E-state index is 6.13. The van der Waals surface area contributed by atoms with E-state index < -0.39 is 0 Å². The number of halogens is 1. The highest BCUT2D eigenvalue weighted by Gasteiger charge is 2.11. The van der Waals surface area contributed by atoms with Crippen LogP contribution in [0.3, 0.4) is 0 Å². The molecule has 2 aromatic carbocycles. The first kappa shape index (κ1) is 19.9. The zero-order valence-corrected chi connectivity index (χ0v) is 18.2. The zero-order valence-electron chi connectivity index (χ0n) is 16.7. The largest absolute Gasteiger partial charge is 0.355 e. The molecule has 0 radical (unpaired) electrons. The molecular formula is C24H24ClN3S. The molecule has 2 aromatic heterocycles. The number of aromatic nitrogens is 1. The van der Waals surface area contributed by atoms with Crippen LogP contribution >= 0.6 is 22.9 Å². The van der Waals surface area contributed by atoms with Gasteiger partial charge in [-0.3, -0.25) is 9.88 Å². The Hall–Kier alpha value is -2.40. The summed E-state index contributed by atoms with van der Waals surface area (Å²) < 4.78 is 0. The summed E-state index contributed by atoms with van der Waals surface area (Å²) in [4.78, 5) is 8.19. The van der Waals surface area contributed by atoms with E-state index >= 15 is 0 Å². The molecule has 29 heavy (non-hydrogen) atoms. The summed E-state index contributed by atoms with van der Waals surface area (Å²) >= 11 is 7.92. The molecule has 0 atom stereocenters. The van der Waals surface area contributed by atoms with Crippen molar-refractivity contribution >= 4 is 45.2 Å². The van der Waals surface area contributed by atoms with Gasteiger partial charge in [0.1, 0.15) is 0 Å². The van der Waals surface area contributed by atoms with E-state index in [1.54, 1.807) is 11.3 Å². The standard InChI is InChI=1S/C24H24ClN3S/c1-3-28(4-2)16-17-14-19(8-10-20(17)24-6-5-13-29-24)27-22-11-12-26-23-15-18(25)7-9-21(22)23/h5-15H,3-4,16H2,1-2H3,(H,26,27). The number of hydrogen-bond acceptors (Lipinski definition) is 4. The summed E-state index contributed by atoms with van der Waals surface area (Å²) in [6, 6.07) is 18.8. The maximum absolute atomic E-state index is 6.13. The van der Waals surface area contributed by atoms with Gasteiger partial charge in [-0.25, -0.2) is 0 Å². The van der Waals surface area contributed by atoms with Crippen LogP contribution in [0.2, 0.25) is 5.02 Å². The molecule has 0 fully saturated rings. The van der Waals surface area contributed by atoms with Gasteiger partial charge in [0.05, 0.1) is 5.52 Å². The van der Waals surface area contributed by atoms with Crippen molar-refractivity contribution in [2.45, 2.75) is 20.4 Å². The zero-order chi connectivity index (χ0) is 20.2. The number of thiophene rings is 1. The van der Waals surface area contributed by atoms with E-state index in [2.05, 4.69) is 64.8 Å². The first-order valence-electron chi connectivity index (χ1n) is 9.88. The smallest absolute Gasteiger partial charge is 0.0737 e. The van der Waals surface area contributed by atoms with Crippen LogP contribution in [0.5, 0.6) is 0 Å². The van der Waals surface area contributed by atoms with Gasteiger partial charge in [-0.05, 0) is 72.1 Å². The number of benzene rings is 2. The molecule has 0 unspecified atom stereocenters. The van der Waals surface area contributed by atoms with Gasteiger partial charge in [-0.1, -0.05) is 37.6 Å². The van der Waals surface area contributed by atoms with E-state index in [-0.39, 0.29) is 0 Å². The summed E-state index contributed by atoms with van der Waals surface area (Å²) in [7, 11) is 0. The first-order valence-corrected chi connectivity index (χ1v) is 11.1. The van der Waals surface area contributed by atoms with Crippen molar-refractivity contribution in [3.8, 4) is 10.4 Å². The number of hydrogen-bond donors (Lipinski definition) is 1. The third-order valence-corrected chi connectivity index (χ3v) is 6.30. The molecule has 0 spiro atoms. The van der Waals surface area contributed by atoms with Crippen molar-refractivity contribution in [3.63, 3.8) is 0 Å². The molecule has 0 aliphatic rings. The third kappa shape index (κ3) is 4.45. The Morgan fingerprint density at radius 1 is 1.03 bits per heavy atom. The van der Waals surface area contributed by atoms with Gasteiger partial charge >= 0.3 is 0 Å². The van der Waals surface area contributed by atoms with E-state index in [1.165, 1.54) is 16.0 Å². The van der Waals surface area contributed by atoms with Gasteiger partial charge in [0.25, 0.3) is 0 Å². The van der Waals surface area contributed by atoms with Gasteiger partial charge in [0.15, 0.2) is 0 Å². The number of fused-ring (bicyclic) bond motifs is 1. The van der Waals surface area contributed by atoms with E-state index in [0.717, 1.165) is 41.9 Å². The molecule has 5 heteroatoms. The molecule has 2 heterocycles. The lowest BCUT2D eigenvalue weighted by molar-refractivity contribution is 0.296. The predicted octanol–water partition coefficient (Wildman–Crippen LogP) is 7.20. The molecule has 0 aliphatic heterocycles. The summed E-state index contributed by atoms with van der Waals surface area (Å²) in [5, 5.41) is 7.48. The summed E-state index contributed by atoms with van der Waals surface area (Å²) in [6.45, 7) is 7.43. The van der Waals surface area contributed by atoms with Gasteiger partial charge in [-0.15, -0.1) is 11.3 Å². The van der Waals surface area contributed by atoms with Crippen LogP contribution < -0.4 is 5.32 Å². The highest BCUT2D eigenvalue weighted by atomic mass is 35.5. The lowest BCUT2D eigenvalue weighted by Gasteiger charge is -2.21. The van der Waals surface area contributed by atoms with Crippen LogP contribution in [-0.2, 0) is 6.54 Å². The molecule has 148 valence electrons. The van der Waals surface area contributed by atoms with Crippen molar-refractivity contribution < 1.29 is 0 Å². The minimum absolute atomic E-state index is 0.698. The minimum atomic E-state index is 0.698. The van der Waals surface area contributed by atoms with Crippen molar-refractivity contribution in [1.82, 2.24) is 9.88 Å². The van der Waals surface area contributed by atoms with Crippen molar-refractivity contribution in [3.05, 3.63) is 76.8 Å². The normalized spacial score (nSPS) is 11.3. The Bertz CT molecular complexity index is 1100. The van der Waals surface area contributed by atoms with E-state index in [9.17, 15) is 0 Å². The Kier molecular flexibility index (Phi) is 6.14. The van der Waals surface area contributed by atoms with E-state index in [0.29, 0.717) is 5.02 Å². The fraction of sp³-hybridized carbons (Fsp3) is 0.208. The number of rotatable bonds is 7. The number of anilines is 2. The van der Waals surface area contributed by atoms with Crippen LogP contribution in [0.4, 0.5) is 11.4 Å². The van der Waals surface area contributed by atoms with Crippen LogP contribution in [0.15, 0.2) is 66.2 Å². The quantitative estimate of drug-likeness (QED) is 0.342. The van der Waals surface area contributed by atoms with Gasteiger partial charge in [-0.2, -0.15) is 0 Å². The Balaban J connectivity index is 1.71. The molecule has 0 saturated carbocycles. The minimum Gasteiger partial charge on any atom is -0.355 e. The summed E-state index contributed by atoms with van der Waals surface area (Å²) in [5.41, 5.74) is 5.65. The topological polar surface area (TPSA) is 28.2 Å². The maximum Gasteiger partial charge on any atom is 0.0737 e. The second-order valence-electron chi connectivity index (χ2n) is 6.96. The molecular weight excluding hydrogens is 398 g/mol. The second kappa shape index (κ2) is 8.95. The SMILES string of the molecule is CCN(CC)Cc1cc(Nc2ccnc3cc(Cl)ccc23)ccc1-c1cccs1. The van der Waals surface area contributed by atoms with Crippen molar-refractivity contribution in [2.75, 3.05) is 18.4 Å². The molecule has 0 saturated heterocycles. The van der Waals surface area contributed by atoms with Gasteiger partial charge in [0, 0.05) is 39.4 Å². The second-order valence-corrected chi connectivity index (χ2v) is 8.34. The Morgan fingerprint density at radius 3 is 2.66 bits per heavy atom. The molecule has 4 aromatic rings. The van der Waals surface area contributed by atoms with Gasteiger partial charge in [0.2, 0.25) is 0 Å². The van der Waals surface area contributed by atoms with Crippen LogP contribution in [0, 0.1) is 0 Å². The number of pyridine rings is 1. The lowest BCUT2D eigenvalue weighted by Crippen LogP contribution is -2.22. The molecule has 0 bridgehead atoms. The first-order chi connectivity index (χ1) is 14.2. The molecule has 0 amide bonds. The van der Waals surface area contributed by atoms with E-state index in [4.69, 9.17) is 11.6 Å². The Morgan fingerprint density at radius 2 is 1.90 bits per heavy atom. The summed E-state index contributed by atoms with van der Waals surface area (Å²) in [5.74, 6) is 0. The molecule has 1 N–H and O–H groups in total. The lowest BCUT2D eigenvalue weighted by atomic mass is 10.0. The number of nitrogens with zero attached hydrogens (tertiary/aromatic N) is 2. The summed E-state index contributed by atoms with van der Waals surface area (Å²) in [6.07, 6.45) is 1.82. The van der Waals surface area contributed by atoms with Crippen molar-refractivity contribution in [2.24, 2.45) is 0 Å². The molecule has 4 rings (SSSR count). The van der Waals surface area contributed by atoms with Crippen LogP contribution in [0.1, 0.15) is 19.4 Å². The van der Waals surface area contributed by atoms with Crippen LogP contribution in [-0.4, -0.2) is 23.0 Å². The average molecular weight is 422 g/mol. The molecule has 3 nitrogen and oxygen atoms in total. The fourth-order valence-electron chi connectivity index (χ4n) is 3.55. The fourth-order valence-corrected chi connectivity index (χ4v) is 4.50. The predicted molar refractivity (Wildman–Crippen MR) is 126 cm³/mol. The highest BCUT2D eigenvalue weighted by Crippen LogP contribution is 2.33. The van der Waals surface area contributed by atoms with E-state index in [1.807, 2.05) is 30.5 Å². The van der Waals surface area contributed by atoms with Gasteiger partial charge < -0.3 is 5.32 Å². The molecule has 0 aliphatic carbocycles. The monoisotopic (exact) mass is 421 g/mol. The Labute approximate surface area is 181 Å². The van der Waals surface area contributed by atoms with Crippen LogP contribution in [0.25, 0.3) is 21.3 Å².